The van der Waals surface area contributed by atoms with Gasteiger partial charge in [0.1, 0.15) is 19.3 Å². The number of benzene rings is 3. The second-order valence-corrected chi connectivity index (χ2v) is 14.4. The van der Waals surface area contributed by atoms with Crippen LogP contribution in [0.15, 0.2) is 71.8 Å². The molecule has 0 bridgehead atoms. The van der Waals surface area contributed by atoms with Gasteiger partial charge in [-0.15, -0.1) is 0 Å². The minimum absolute atomic E-state index is 0.00235. The van der Waals surface area contributed by atoms with Crippen LogP contribution < -0.4 is 26.3 Å². The minimum atomic E-state index is -3.11. The fourth-order valence-electron chi connectivity index (χ4n) is 6.67. The maximum Gasteiger partial charge on any atom is 0.270 e. The van der Waals surface area contributed by atoms with E-state index in [1.54, 1.807) is 24.3 Å². The number of nitrogens with zero attached hydrogens (tertiary/aromatic N) is 3. The summed E-state index contributed by atoms with van der Waals surface area (Å²) in [5, 5.41) is 15.1. The van der Waals surface area contributed by atoms with Crippen molar-refractivity contribution in [2.75, 3.05) is 61.8 Å². The van der Waals surface area contributed by atoms with Gasteiger partial charge in [0.25, 0.3) is 23.6 Å². The lowest BCUT2D eigenvalue weighted by Crippen LogP contribution is -2.54. The molecule has 0 saturated carbocycles. The van der Waals surface area contributed by atoms with E-state index in [0.717, 1.165) is 22.9 Å². The summed E-state index contributed by atoms with van der Waals surface area (Å²) >= 11 is 0. The summed E-state index contributed by atoms with van der Waals surface area (Å²) in [7, 11) is 0. The summed E-state index contributed by atoms with van der Waals surface area (Å²) in [6.07, 6.45) is -0.0265. The zero-order valence-corrected chi connectivity index (χ0v) is 34.0. The monoisotopic (exact) mass is 869 g/mol. The number of imide groups is 2. The first kappa shape index (κ1) is 45.3. The Hall–Kier alpha value is -7.21. The smallest absolute Gasteiger partial charge is 0.270 e. The number of carbonyl (C=O) groups excluding carboxylic acids is 8. The van der Waals surface area contributed by atoms with Gasteiger partial charge >= 0.3 is 0 Å². The molecule has 3 aromatic rings. The van der Waals surface area contributed by atoms with Crippen LogP contribution in [0, 0.1) is 17.8 Å². The zero-order chi connectivity index (χ0) is 45.3. The standard InChI is InChI=1S/C43H41F2N7O11/c1-25-36(39(57)47-28-10-4-9-27(22-28)43(2,44)45)42(60)52(50-25)29-11-3-7-26(21-29)8-6-16-46-34(54)23-62-19-17-61-18-20-63-24-35(55)48-31-13-5-12-30-37(31)41(59)51(40(30)58)32-14-15-33(53)49-38(32)56/h3-5,7,9-13,21-22,32,36H,14-20,23-24H2,1-2H3,(H,46,54)(H,47,57)(H,48,55)(H,49,53,56). The first-order valence-corrected chi connectivity index (χ1v) is 19.5. The number of carbonyl (C=O) groups is 8. The molecule has 1 fully saturated rings. The van der Waals surface area contributed by atoms with Crippen molar-refractivity contribution in [2.45, 2.75) is 38.7 Å². The second-order valence-electron chi connectivity index (χ2n) is 14.4. The van der Waals surface area contributed by atoms with Crippen molar-refractivity contribution in [3.63, 3.8) is 0 Å². The fourth-order valence-corrected chi connectivity index (χ4v) is 6.67. The van der Waals surface area contributed by atoms with E-state index in [0.29, 0.717) is 11.3 Å². The first-order valence-electron chi connectivity index (χ1n) is 19.5. The molecule has 0 radical (unpaired) electrons. The number of hydrogen-bond acceptors (Lipinski definition) is 12. The number of ether oxygens (including phenoxy) is 3. The molecule has 3 aliphatic rings. The van der Waals surface area contributed by atoms with Crippen LogP contribution in [0.25, 0.3) is 0 Å². The Morgan fingerprint density at radius 3 is 2.30 bits per heavy atom. The van der Waals surface area contributed by atoms with Gasteiger partial charge in [-0.2, -0.15) is 10.1 Å². The molecule has 2 atom stereocenters. The summed E-state index contributed by atoms with van der Waals surface area (Å²) in [6, 6.07) is 14.9. The van der Waals surface area contributed by atoms with Crippen molar-refractivity contribution in [1.29, 1.82) is 0 Å². The van der Waals surface area contributed by atoms with Gasteiger partial charge in [-0.3, -0.25) is 48.6 Å². The number of hydrogen-bond donors (Lipinski definition) is 4. The van der Waals surface area contributed by atoms with Crippen molar-refractivity contribution >= 4 is 70.0 Å². The third-order valence-corrected chi connectivity index (χ3v) is 9.68. The van der Waals surface area contributed by atoms with E-state index < -0.39 is 71.7 Å². The molecule has 2 unspecified atom stereocenters. The van der Waals surface area contributed by atoms with E-state index >= 15 is 0 Å². The highest BCUT2D eigenvalue weighted by molar-refractivity contribution is 6.29. The van der Waals surface area contributed by atoms with E-state index in [4.69, 9.17) is 14.2 Å². The highest BCUT2D eigenvalue weighted by Gasteiger charge is 2.46. The van der Waals surface area contributed by atoms with Gasteiger partial charge in [0.15, 0.2) is 5.92 Å². The number of piperidine rings is 1. The third kappa shape index (κ3) is 11.2. The lowest BCUT2D eigenvalue weighted by molar-refractivity contribution is -0.136. The van der Waals surface area contributed by atoms with Crippen LogP contribution in [0.5, 0.6) is 0 Å². The molecule has 3 aliphatic heterocycles. The molecule has 328 valence electrons. The summed E-state index contributed by atoms with van der Waals surface area (Å²) in [4.78, 5) is 102. The van der Waals surface area contributed by atoms with Gasteiger partial charge in [0, 0.05) is 30.2 Å². The molecule has 0 aliphatic carbocycles. The first-order chi connectivity index (χ1) is 30.1. The van der Waals surface area contributed by atoms with Crippen LogP contribution in [0.2, 0.25) is 0 Å². The predicted molar refractivity (Wildman–Crippen MR) is 219 cm³/mol. The van der Waals surface area contributed by atoms with Crippen LogP contribution in [0.4, 0.5) is 25.8 Å². The van der Waals surface area contributed by atoms with Gasteiger partial charge in [0.2, 0.25) is 29.5 Å². The number of rotatable bonds is 17. The Morgan fingerprint density at radius 1 is 0.873 bits per heavy atom. The van der Waals surface area contributed by atoms with E-state index in [-0.39, 0.29) is 86.2 Å². The lowest BCUT2D eigenvalue weighted by Gasteiger charge is -2.27. The maximum atomic E-state index is 13.8. The molecule has 1 saturated heterocycles. The molecule has 8 amide bonds. The molecule has 63 heavy (non-hydrogen) atoms. The third-order valence-electron chi connectivity index (χ3n) is 9.68. The van der Waals surface area contributed by atoms with Crippen molar-refractivity contribution in [3.05, 3.63) is 89.0 Å². The van der Waals surface area contributed by atoms with Crippen molar-refractivity contribution in [2.24, 2.45) is 11.0 Å². The van der Waals surface area contributed by atoms with Gasteiger partial charge in [-0.1, -0.05) is 36.1 Å². The summed E-state index contributed by atoms with van der Waals surface area (Å²) in [6.45, 7) is 1.93. The fraction of sp³-hybridized carbons (Fsp3) is 0.326. The maximum absolute atomic E-state index is 13.8. The molecular formula is C43H41F2N7O11. The van der Waals surface area contributed by atoms with Crippen molar-refractivity contribution in [1.82, 2.24) is 15.5 Å². The average molecular weight is 870 g/mol. The molecule has 18 nitrogen and oxygen atoms in total. The number of amides is 8. The molecule has 6 rings (SSSR count). The van der Waals surface area contributed by atoms with Crippen LogP contribution >= 0.6 is 0 Å². The van der Waals surface area contributed by atoms with Crippen LogP contribution in [-0.4, -0.2) is 110 Å². The highest BCUT2D eigenvalue weighted by Crippen LogP contribution is 2.33. The van der Waals surface area contributed by atoms with Gasteiger partial charge < -0.3 is 30.2 Å². The summed E-state index contributed by atoms with van der Waals surface area (Å²) < 4.78 is 43.6. The molecular weight excluding hydrogens is 829 g/mol. The van der Waals surface area contributed by atoms with Crippen LogP contribution in [0.1, 0.15) is 58.5 Å². The van der Waals surface area contributed by atoms with E-state index in [2.05, 4.69) is 38.2 Å². The Morgan fingerprint density at radius 2 is 1.57 bits per heavy atom. The normalized spacial score (nSPS) is 17.1. The number of fused-ring (bicyclic) bond motifs is 1. The topological polar surface area (TPSA) is 231 Å². The van der Waals surface area contributed by atoms with E-state index in [1.807, 2.05) is 0 Å². The van der Waals surface area contributed by atoms with Crippen LogP contribution in [0.3, 0.4) is 0 Å². The molecule has 20 heteroatoms. The largest absolute Gasteiger partial charge is 0.377 e. The Kier molecular flexibility index (Phi) is 14.5. The van der Waals surface area contributed by atoms with Gasteiger partial charge in [-0.05, 0) is 55.8 Å². The minimum Gasteiger partial charge on any atom is -0.377 e. The highest BCUT2D eigenvalue weighted by atomic mass is 19.3. The quantitative estimate of drug-likeness (QED) is 0.0666. The SMILES string of the molecule is CC1=NN(c2cccc(C#CCNC(=O)COCCOCCOCC(=O)Nc3cccc4c3C(=O)N(C3CCC(=O)NC3=O)C4=O)c2)C(=O)C1C(=O)Nc1cccc(C(C)(F)F)c1. The molecule has 0 spiro atoms. The molecule has 0 aromatic heterocycles. The van der Waals surface area contributed by atoms with Gasteiger partial charge in [-0.25, -0.2) is 8.78 Å². The Bertz CT molecular complexity index is 2440. The molecule has 3 heterocycles. The number of anilines is 3. The predicted octanol–water partition coefficient (Wildman–Crippen LogP) is 2.33. The molecule has 3 aromatic carbocycles. The van der Waals surface area contributed by atoms with Gasteiger partial charge in [0.05, 0.1) is 61.2 Å². The summed E-state index contributed by atoms with van der Waals surface area (Å²) in [5.74, 6) is -3.76. The van der Waals surface area contributed by atoms with Crippen LogP contribution in [-0.2, 0) is 48.9 Å². The second kappa shape index (κ2) is 20.1. The summed E-state index contributed by atoms with van der Waals surface area (Å²) in [5.41, 5.74) is 0.922. The Balaban J connectivity index is 0.841. The molecule has 4 N–H and O–H groups in total. The average Bonchev–Trinajstić information content (AvgIpc) is 3.68. The zero-order valence-electron chi connectivity index (χ0n) is 34.0. The lowest BCUT2D eigenvalue weighted by atomic mass is 10.0. The van der Waals surface area contributed by atoms with Crippen molar-refractivity contribution in [3.8, 4) is 11.8 Å². The van der Waals surface area contributed by atoms with E-state index in [1.165, 1.54) is 43.3 Å². The number of alkyl halides is 2. The Labute approximate surface area is 358 Å². The van der Waals surface area contributed by atoms with Crippen molar-refractivity contribution < 1.29 is 61.3 Å². The number of hydrazone groups is 1. The van der Waals surface area contributed by atoms with E-state index in [9.17, 15) is 47.1 Å². The number of halogens is 2. The number of nitrogens with one attached hydrogen (secondary N) is 4.